The van der Waals surface area contributed by atoms with Crippen LogP contribution in [0.15, 0.2) is 12.7 Å². The molecule has 1 N–H and O–H groups in total. The average Bonchev–Trinajstić information content (AvgIpc) is 3.27. The second-order valence-corrected chi connectivity index (χ2v) is 8.66. The van der Waals surface area contributed by atoms with Crippen LogP contribution in [0.3, 0.4) is 0 Å². The van der Waals surface area contributed by atoms with Gasteiger partial charge < -0.3 is 24.4 Å². The van der Waals surface area contributed by atoms with E-state index in [0.29, 0.717) is 25.9 Å². The predicted octanol–water partition coefficient (Wildman–Crippen LogP) is 1.12. The van der Waals surface area contributed by atoms with Crippen LogP contribution in [-0.2, 0) is 23.9 Å². The molecule has 2 amide bonds. The van der Waals surface area contributed by atoms with Gasteiger partial charge in [-0.05, 0) is 33.1 Å². The molecule has 30 heavy (non-hydrogen) atoms. The number of hydrogen-bond acceptors (Lipinski definition) is 6. The molecule has 2 unspecified atom stereocenters. The fourth-order valence-corrected chi connectivity index (χ4v) is 5.61. The molecule has 0 aromatic carbocycles. The third-order valence-electron chi connectivity index (χ3n) is 6.83. The number of likely N-dealkylation sites (tertiary alicyclic amines) is 1. The monoisotopic (exact) mass is 422 g/mol. The van der Waals surface area contributed by atoms with Crippen LogP contribution < -0.4 is 0 Å². The van der Waals surface area contributed by atoms with Gasteiger partial charge in [0.1, 0.15) is 17.6 Å². The number of rotatable bonds is 10. The van der Waals surface area contributed by atoms with E-state index >= 15 is 0 Å². The van der Waals surface area contributed by atoms with Crippen molar-refractivity contribution in [2.75, 3.05) is 32.8 Å². The Morgan fingerprint density at radius 1 is 1.40 bits per heavy atom. The van der Waals surface area contributed by atoms with Crippen molar-refractivity contribution in [3.05, 3.63) is 12.7 Å². The Hall–Kier alpha value is -1.93. The first-order chi connectivity index (χ1) is 14.3. The summed E-state index contributed by atoms with van der Waals surface area (Å²) in [5, 5.41) is 9.60. The smallest absolute Gasteiger partial charge is 0.312 e. The quantitative estimate of drug-likeness (QED) is 0.419. The van der Waals surface area contributed by atoms with Crippen LogP contribution in [0.1, 0.15) is 46.5 Å². The first-order valence-corrected chi connectivity index (χ1v) is 11.0. The summed E-state index contributed by atoms with van der Waals surface area (Å²) < 4.78 is 11.7. The lowest BCUT2D eigenvalue weighted by atomic mass is 9.66. The van der Waals surface area contributed by atoms with Gasteiger partial charge in [0.2, 0.25) is 11.8 Å². The Labute approximate surface area is 178 Å². The van der Waals surface area contributed by atoms with E-state index in [1.54, 1.807) is 17.9 Å². The fourth-order valence-electron chi connectivity index (χ4n) is 5.61. The van der Waals surface area contributed by atoms with E-state index < -0.39 is 35.0 Å². The maximum absolute atomic E-state index is 13.7. The minimum atomic E-state index is -1.07. The molecule has 0 radical (unpaired) electrons. The highest BCUT2D eigenvalue weighted by Gasteiger charge is 2.78. The van der Waals surface area contributed by atoms with Crippen LogP contribution >= 0.6 is 0 Å². The summed E-state index contributed by atoms with van der Waals surface area (Å²) in [6.45, 7) is 10.3. The molecule has 3 fully saturated rings. The van der Waals surface area contributed by atoms with Crippen molar-refractivity contribution >= 4 is 17.8 Å². The SMILES string of the molecule is C=CCN(CCCC)C(=O)C1N(CCO)C(=O)[C@@H]2[C@@H](C(=O)OCC)[C@@]3(C)CCC12O3. The number of hydrogen-bond donors (Lipinski definition) is 1. The fraction of sp³-hybridized carbons (Fsp3) is 0.773. The van der Waals surface area contributed by atoms with E-state index in [1.165, 1.54) is 4.90 Å². The summed E-state index contributed by atoms with van der Waals surface area (Å²) in [4.78, 5) is 43.1. The number of carbonyl (C=O) groups is 3. The van der Waals surface area contributed by atoms with Crippen molar-refractivity contribution < 1.29 is 29.0 Å². The Balaban J connectivity index is 2.02. The number of aliphatic hydroxyl groups excluding tert-OH is 1. The number of amides is 2. The van der Waals surface area contributed by atoms with Crippen LogP contribution in [-0.4, -0.2) is 82.8 Å². The summed E-state index contributed by atoms with van der Waals surface area (Å²) in [5.74, 6) is -2.49. The molecule has 2 bridgehead atoms. The number of carbonyl (C=O) groups excluding carboxylic acids is 3. The van der Waals surface area contributed by atoms with Crippen LogP contribution in [0.4, 0.5) is 0 Å². The second kappa shape index (κ2) is 8.67. The minimum Gasteiger partial charge on any atom is -0.466 e. The molecular formula is C22H34N2O6. The van der Waals surface area contributed by atoms with Crippen LogP contribution in [0.2, 0.25) is 0 Å². The molecular weight excluding hydrogens is 388 g/mol. The lowest BCUT2D eigenvalue weighted by Crippen LogP contribution is -2.56. The van der Waals surface area contributed by atoms with Gasteiger partial charge in [0.15, 0.2) is 0 Å². The van der Waals surface area contributed by atoms with Gasteiger partial charge in [-0.3, -0.25) is 14.4 Å². The number of ether oxygens (including phenoxy) is 2. The number of β-amino-alcohol motifs (C(OH)–C–C–N with tert-alkyl or cyclic N) is 1. The maximum atomic E-state index is 13.7. The molecule has 8 heteroatoms. The van der Waals surface area contributed by atoms with Crippen molar-refractivity contribution in [3.63, 3.8) is 0 Å². The Bertz CT molecular complexity index is 712. The minimum absolute atomic E-state index is 0.0266. The molecule has 5 atom stereocenters. The van der Waals surface area contributed by atoms with E-state index in [1.807, 2.05) is 6.92 Å². The largest absolute Gasteiger partial charge is 0.466 e. The first kappa shape index (κ1) is 22.7. The van der Waals surface area contributed by atoms with Crippen molar-refractivity contribution in [2.45, 2.75) is 63.7 Å². The van der Waals surface area contributed by atoms with Gasteiger partial charge in [0, 0.05) is 19.6 Å². The van der Waals surface area contributed by atoms with Gasteiger partial charge in [-0.2, -0.15) is 0 Å². The van der Waals surface area contributed by atoms with Gasteiger partial charge in [-0.25, -0.2) is 0 Å². The van der Waals surface area contributed by atoms with Gasteiger partial charge in [-0.1, -0.05) is 19.4 Å². The van der Waals surface area contributed by atoms with Gasteiger partial charge in [0.05, 0.1) is 24.7 Å². The molecule has 168 valence electrons. The van der Waals surface area contributed by atoms with Crippen molar-refractivity contribution in [1.82, 2.24) is 9.80 Å². The van der Waals surface area contributed by atoms with Gasteiger partial charge >= 0.3 is 5.97 Å². The van der Waals surface area contributed by atoms with Crippen LogP contribution in [0.25, 0.3) is 0 Å². The summed E-state index contributed by atoms with van der Waals surface area (Å²) >= 11 is 0. The molecule has 0 aromatic heterocycles. The third-order valence-corrected chi connectivity index (χ3v) is 6.83. The standard InChI is InChI=1S/C22H34N2O6/c1-5-8-12-23(11-6-2)19(27)17-22-10-9-21(4,30-22)16(20(28)29-7-3)15(22)18(26)24(17)13-14-25/h6,15-17,25H,2,5,7-14H2,1,3-4H3/t15-,16-,17?,21+,22?/m0/s1. The molecule has 8 nitrogen and oxygen atoms in total. The summed E-state index contributed by atoms with van der Waals surface area (Å²) in [7, 11) is 0. The highest BCUT2D eigenvalue weighted by Crippen LogP contribution is 2.63. The lowest BCUT2D eigenvalue weighted by molar-refractivity contribution is -0.160. The highest BCUT2D eigenvalue weighted by molar-refractivity contribution is 5.98. The molecule has 0 aliphatic carbocycles. The average molecular weight is 423 g/mol. The Morgan fingerprint density at radius 2 is 2.13 bits per heavy atom. The number of fused-ring (bicyclic) bond motifs is 1. The molecule has 0 aromatic rings. The summed E-state index contributed by atoms with van der Waals surface area (Å²) in [6.07, 6.45) is 4.53. The van der Waals surface area contributed by atoms with Crippen molar-refractivity contribution in [3.8, 4) is 0 Å². The number of nitrogens with zero attached hydrogens (tertiary/aromatic N) is 2. The Morgan fingerprint density at radius 3 is 2.73 bits per heavy atom. The number of unbranched alkanes of at least 4 members (excludes halogenated alkanes) is 1. The Kier molecular flexibility index (Phi) is 6.57. The molecule has 3 aliphatic heterocycles. The molecule has 3 aliphatic rings. The van der Waals surface area contributed by atoms with E-state index in [2.05, 4.69) is 13.5 Å². The zero-order valence-electron chi connectivity index (χ0n) is 18.3. The molecule has 3 saturated heterocycles. The van der Waals surface area contributed by atoms with Crippen molar-refractivity contribution in [1.29, 1.82) is 0 Å². The zero-order valence-corrected chi connectivity index (χ0v) is 18.3. The molecule has 1 spiro atoms. The predicted molar refractivity (Wildman–Crippen MR) is 109 cm³/mol. The lowest BCUT2D eigenvalue weighted by Gasteiger charge is -2.36. The van der Waals surface area contributed by atoms with Gasteiger partial charge in [0.25, 0.3) is 0 Å². The summed E-state index contributed by atoms with van der Waals surface area (Å²) in [5.41, 5.74) is -1.90. The normalized spacial score (nSPS) is 34.2. The first-order valence-electron chi connectivity index (χ1n) is 11.0. The van der Waals surface area contributed by atoms with E-state index in [0.717, 1.165) is 12.8 Å². The summed E-state index contributed by atoms with van der Waals surface area (Å²) in [6, 6.07) is -0.861. The number of esters is 1. The van der Waals surface area contributed by atoms with Gasteiger partial charge in [-0.15, -0.1) is 6.58 Å². The van der Waals surface area contributed by atoms with E-state index in [-0.39, 0.29) is 31.6 Å². The highest BCUT2D eigenvalue weighted by atomic mass is 16.6. The molecule has 0 saturated carbocycles. The molecule has 3 heterocycles. The number of aliphatic hydroxyl groups is 1. The third kappa shape index (κ3) is 3.34. The van der Waals surface area contributed by atoms with E-state index in [9.17, 15) is 19.5 Å². The van der Waals surface area contributed by atoms with Crippen LogP contribution in [0.5, 0.6) is 0 Å². The van der Waals surface area contributed by atoms with Crippen LogP contribution in [0, 0.1) is 11.8 Å². The van der Waals surface area contributed by atoms with E-state index in [4.69, 9.17) is 9.47 Å². The molecule has 3 rings (SSSR count). The maximum Gasteiger partial charge on any atom is 0.312 e. The topological polar surface area (TPSA) is 96.4 Å². The zero-order chi connectivity index (χ0) is 22.1. The second-order valence-electron chi connectivity index (χ2n) is 8.66. The van der Waals surface area contributed by atoms with Crippen molar-refractivity contribution in [2.24, 2.45) is 11.8 Å².